The average molecular weight is 303 g/mol. The van der Waals surface area contributed by atoms with Crippen molar-refractivity contribution in [3.63, 3.8) is 0 Å². The maximum absolute atomic E-state index is 12.5. The summed E-state index contributed by atoms with van der Waals surface area (Å²) in [7, 11) is 0. The van der Waals surface area contributed by atoms with Crippen molar-refractivity contribution >= 4 is 17.7 Å². The summed E-state index contributed by atoms with van der Waals surface area (Å²) in [6, 6.07) is 1.18. The highest BCUT2D eigenvalue weighted by Gasteiger charge is 2.47. The summed E-state index contributed by atoms with van der Waals surface area (Å²) in [5.74, 6) is -0.393. The lowest BCUT2D eigenvalue weighted by atomic mass is 10.1. The van der Waals surface area contributed by atoms with Crippen molar-refractivity contribution in [2.75, 3.05) is 13.1 Å². The molecule has 6 heteroatoms. The lowest BCUT2D eigenvalue weighted by Gasteiger charge is -2.14. The molecule has 0 spiro atoms. The SMILES string of the molecule is CCn1c(C)cc(C(=O)CN2C(=O)[C@H]3CCCN3C2=O)c1C. The molecule has 3 rings (SSSR count). The Bertz CT molecular complexity index is 640. The number of nitrogens with zero attached hydrogens (tertiary/aromatic N) is 3. The van der Waals surface area contributed by atoms with Gasteiger partial charge in [-0.25, -0.2) is 4.79 Å². The first kappa shape index (κ1) is 14.8. The van der Waals surface area contributed by atoms with Gasteiger partial charge in [0.2, 0.25) is 0 Å². The fourth-order valence-corrected chi connectivity index (χ4v) is 3.63. The number of aryl methyl sites for hydroxylation is 1. The van der Waals surface area contributed by atoms with Crippen LogP contribution in [-0.4, -0.2) is 51.2 Å². The molecule has 0 radical (unpaired) electrons. The smallest absolute Gasteiger partial charge is 0.327 e. The van der Waals surface area contributed by atoms with Gasteiger partial charge in [0.15, 0.2) is 5.78 Å². The summed E-state index contributed by atoms with van der Waals surface area (Å²) in [5.41, 5.74) is 2.51. The van der Waals surface area contributed by atoms with Crippen molar-refractivity contribution in [1.82, 2.24) is 14.4 Å². The number of rotatable bonds is 4. The molecule has 0 saturated carbocycles. The van der Waals surface area contributed by atoms with Crippen molar-refractivity contribution in [3.8, 4) is 0 Å². The number of urea groups is 1. The molecule has 2 saturated heterocycles. The fourth-order valence-electron chi connectivity index (χ4n) is 3.63. The quantitative estimate of drug-likeness (QED) is 0.628. The highest BCUT2D eigenvalue weighted by molar-refractivity contribution is 6.09. The Morgan fingerprint density at radius 3 is 2.64 bits per heavy atom. The van der Waals surface area contributed by atoms with Gasteiger partial charge in [-0.15, -0.1) is 0 Å². The van der Waals surface area contributed by atoms with Crippen LogP contribution in [0.25, 0.3) is 0 Å². The Morgan fingerprint density at radius 1 is 1.32 bits per heavy atom. The van der Waals surface area contributed by atoms with Crippen LogP contribution in [0.1, 0.15) is 41.5 Å². The van der Waals surface area contributed by atoms with E-state index >= 15 is 0 Å². The van der Waals surface area contributed by atoms with E-state index in [2.05, 4.69) is 4.57 Å². The molecule has 3 amide bonds. The molecule has 22 heavy (non-hydrogen) atoms. The van der Waals surface area contributed by atoms with Crippen molar-refractivity contribution in [2.45, 2.75) is 46.2 Å². The van der Waals surface area contributed by atoms with E-state index in [0.717, 1.165) is 29.3 Å². The van der Waals surface area contributed by atoms with E-state index in [0.29, 0.717) is 18.5 Å². The average Bonchev–Trinajstić information content (AvgIpc) is 3.12. The van der Waals surface area contributed by atoms with Gasteiger partial charge in [-0.05, 0) is 39.7 Å². The Morgan fingerprint density at radius 2 is 2.05 bits per heavy atom. The number of carbonyl (C=O) groups is 3. The van der Waals surface area contributed by atoms with Gasteiger partial charge in [0.1, 0.15) is 6.04 Å². The van der Waals surface area contributed by atoms with Gasteiger partial charge in [0.25, 0.3) is 5.91 Å². The summed E-state index contributed by atoms with van der Waals surface area (Å²) in [5, 5.41) is 0. The molecule has 1 aromatic rings. The molecular formula is C16H21N3O3. The van der Waals surface area contributed by atoms with Crippen LogP contribution in [-0.2, 0) is 11.3 Å². The predicted molar refractivity (Wildman–Crippen MR) is 80.7 cm³/mol. The third-order valence-electron chi connectivity index (χ3n) is 4.77. The van der Waals surface area contributed by atoms with E-state index in [1.54, 1.807) is 4.90 Å². The van der Waals surface area contributed by atoms with E-state index in [4.69, 9.17) is 0 Å². The Balaban J connectivity index is 1.80. The highest BCUT2D eigenvalue weighted by Crippen LogP contribution is 2.27. The largest absolute Gasteiger partial charge is 0.349 e. The van der Waals surface area contributed by atoms with Crippen LogP contribution in [0.2, 0.25) is 0 Å². The molecule has 2 fully saturated rings. The highest BCUT2D eigenvalue weighted by atomic mass is 16.2. The van der Waals surface area contributed by atoms with Crippen LogP contribution in [0.5, 0.6) is 0 Å². The minimum absolute atomic E-state index is 0.154. The zero-order chi connectivity index (χ0) is 16.0. The molecule has 1 atom stereocenters. The van der Waals surface area contributed by atoms with Gasteiger partial charge in [0.05, 0.1) is 6.54 Å². The lowest BCUT2D eigenvalue weighted by molar-refractivity contribution is -0.127. The maximum Gasteiger partial charge on any atom is 0.327 e. The van der Waals surface area contributed by atoms with Crippen molar-refractivity contribution in [3.05, 3.63) is 23.0 Å². The Kier molecular flexibility index (Phi) is 3.54. The first-order valence-electron chi connectivity index (χ1n) is 7.77. The zero-order valence-corrected chi connectivity index (χ0v) is 13.3. The van der Waals surface area contributed by atoms with Gasteiger partial charge in [-0.3, -0.25) is 14.5 Å². The molecule has 2 aliphatic rings. The molecule has 0 bridgehead atoms. The number of Topliss-reactive ketones (excluding diaryl/α,β-unsaturated/α-hetero) is 1. The standard InChI is InChI=1S/C16H21N3O3/c1-4-17-10(2)8-12(11(17)3)14(20)9-19-15(21)13-6-5-7-18(13)16(19)22/h8,13H,4-7,9H2,1-3H3/t13-/m1/s1. The number of carbonyl (C=O) groups excluding carboxylic acids is 3. The lowest BCUT2D eigenvalue weighted by Crippen LogP contribution is -2.37. The Hall–Kier alpha value is -2.11. The molecule has 118 valence electrons. The number of fused-ring (bicyclic) bond motifs is 1. The zero-order valence-electron chi connectivity index (χ0n) is 13.3. The molecule has 0 aliphatic carbocycles. The number of hydrogen-bond donors (Lipinski definition) is 0. The third-order valence-corrected chi connectivity index (χ3v) is 4.77. The first-order chi connectivity index (χ1) is 10.5. The van der Waals surface area contributed by atoms with Crippen LogP contribution < -0.4 is 0 Å². The molecule has 6 nitrogen and oxygen atoms in total. The molecule has 0 aromatic carbocycles. The number of ketones is 1. The fraction of sp³-hybridized carbons (Fsp3) is 0.562. The van der Waals surface area contributed by atoms with Crippen LogP contribution in [0.3, 0.4) is 0 Å². The normalized spacial score (nSPS) is 21.0. The van der Waals surface area contributed by atoms with Gasteiger partial charge in [-0.1, -0.05) is 0 Å². The monoisotopic (exact) mass is 303 g/mol. The van der Waals surface area contributed by atoms with Crippen molar-refractivity contribution in [2.24, 2.45) is 0 Å². The summed E-state index contributed by atoms with van der Waals surface area (Å²) in [6.07, 6.45) is 1.57. The topological polar surface area (TPSA) is 62.6 Å². The summed E-state index contributed by atoms with van der Waals surface area (Å²) in [4.78, 5) is 39.8. The minimum atomic E-state index is -0.344. The number of amides is 3. The summed E-state index contributed by atoms with van der Waals surface area (Å²) < 4.78 is 2.05. The van der Waals surface area contributed by atoms with Gasteiger partial charge in [-0.2, -0.15) is 0 Å². The van der Waals surface area contributed by atoms with Crippen LogP contribution in [0.4, 0.5) is 4.79 Å². The van der Waals surface area contributed by atoms with Gasteiger partial charge >= 0.3 is 6.03 Å². The number of imide groups is 1. The second-order valence-electron chi connectivity index (χ2n) is 6.01. The van der Waals surface area contributed by atoms with E-state index in [9.17, 15) is 14.4 Å². The number of aromatic nitrogens is 1. The van der Waals surface area contributed by atoms with E-state index in [-0.39, 0.29) is 30.3 Å². The minimum Gasteiger partial charge on any atom is -0.349 e. The van der Waals surface area contributed by atoms with E-state index in [1.807, 2.05) is 26.8 Å². The van der Waals surface area contributed by atoms with E-state index in [1.165, 1.54) is 0 Å². The van der Waals surface area contributed by atoms with Crippen LogP contribution in [0, 0.1) is 13.8 Å². The third kappa shape index (κ3) is 2.05. The van der Waals surface area contributed by atoms with Gasteiger partial charge < -0.3 is 9.47 Å². The van der Waals surface area contributed by atoms with Crippen molar-refractivity contribution in [1.29, 1.82) is 0 Å². The molecule has 2 aliphatic heterocycles. The van der Waals surface area contributed by atoms with Crippen LogP contribution >= 0.6 is 0 Å². The van der Waals surface area contributed by atoms with Gasteiger partial charge in [0, 0.05) is 30.0 Å². The predicted octanol–water partition coefficient (Wildman–Crippen LogP) is 1.73. The second kappa shape index (κ2) is 5.26. The molecule has 0 N–H and O–H groups in total. The molecule has 0 unspecified atom stereocenters. The van der Waals surface area contributed by atoms with Crippen molar-refractivity contribution < 1.29 is 14.4 Å². The van der Waals surface area contributed by atoms with E-state index < -0.39 is 0 Å². The summed E-state index contributed by atoms with van der Waals surface area (Å²) in [6.45, 7) is 7.13. The molecule has 3 heterocycles. The number of hydrogen-bond acceptors (Lipinski definition) is 3. The summed E-state index contributed by atoms with van der Waals surface area (Å²) >= 11 is 0. The second-order valence-corrected chi connectivity index (χ2v) is 6.01. The maximum atomic E-state index is 12.5. The molecular weight excluding hydrogens is 282 g/mol. The first-order valence-corrected chi connectivity index (χ1v) is 7.77. The Labute approximate surface area is 129 Å². The molecule has 1 aromatic heterocycles. The van der Waals surface area contributed by atoms with Crippen LogP contribution in [0.15, 0.2) is 6.07 Å².